The van der Waals surface area contributed by atoms with E-state index in [9.17, 15) is 0 Å². The van der Waals surface area contributed by atoms with E-state index in [1.54, 1.807) is 18.6 Å². The third kappa shape index (κ3) is 2.07. The Kier molecular flexibility index (Phi) is 2.40. The maximum absolute atomic E-state index is 5.55. The normalized spacial score (nSPS) is 10.0. The second-order valence-electron chi connectivity index (χ2n) is 3.12. The molecule has 0 radical (unpaired) electrons. The van der Waals surface area contributed by atoms with Crippen molar-refractivity contribution in [1.82, 2.24) is 9.97 Å². The van der Waals surface area contributed by atoms with Crippen LogP contribution in [0, 0.1) is 0 Å². The summed E-state index contributed by atoms with van der Waals surface area (Å²) in [6.45, 7) is 0. The first-order valence-electron chi connectivity index (χ1n) is 4.44. The van der Waals surface area contributed by atoms with Crippen LogP contribution >= 0.6 is 0 Å². The zero-order valence-electron chi connectivity index (χ0n) is 7.72. The summed E-state index contributed by atoms with van der Waals surface area (Å²) in [6.07, 6.45) is 6.07. The average molecular weight is 185 g/mol. The number of pyridine rings is 2. The van der Waals surface area contributed by atoms with Crippen LogP contribution in [0.1, 0.15) is 11.3 Å². The lowest BCUT2D eigenvalue weighted by atomic mass is 10.1. The summed E-state index contributed by atoms with van der Waals surface area (Å²) in [7, 11) is 0. The van der Waals surface area contributed by atoms with Gasteiger partial charge in [0.1, 0.15) is 0 Å². The number of anilines is 1. The van der Waals surface area contributed by atoms with Crippen molar-refractivity contribution in [3.05, 3.63) is 54.1 Å². The molecule has 0 saturated carbocycles. The summed E-state index contributed by atoms with van der Waals surface area (Å²) in [5, 5.41) is 0. The molecule has 0 saturated heterocycles. The third-order valence-corrected chi connectivity index (χ3v) is 1.98. The molecule has 0 aliphatic rings. The minimum atomic E-state index is 0.698. The van der Waals surface area contributed by atoms with Crippen molar-refractivity contribution < 1.29 is 0 Å². The van der Waals surface area contributed by atoms with Crippen molar-refractivity contribution in [3.63, 3.8) is 0 Å². The van der Waals surface area contributed by atoms with Gasteiger partial charge in [0, 0.05) is 24.5 Å². The molecule has 0 bridgehead atoms. The highest BCUT2D eigenvalue weighted by molar-refractivity contribution is 5.35. The van der Waals surface area contributed by atoms with Crippen LogP contribution in [0.4, 0.5) is 5.69 Å². The number of hydrogen-bond acceptors (Lipinski definition) is 3. The van der Waals surface area contributed by atoms with Crippen molar-refractivity contribution in [2.75, 3.05) is 5.73 Å². The zero-order chi connectivity index (χ0) is 9.80. The van der Waals surface area contributed by atoms with Gasteiger partial charge in [0.25, 0.3) is 0 Å². The fourth-order valence-corrected chi connectivity index (χ4v) is 1.25. The minimum Gasteiger partial charge on any atom is -0.397 e. The molecular formula is C11H11N3. The minimum absolute atomic E-state index is 0.698. The van der Waals surface area contributed by atoms with Crippen LogP contribution < -0.4 is 5.73 Å². The van der Waals surface area contributed by atoms with Gasteiger partial charge in [-0.05, 0) is 29.8 Å². The molecule has 0 fully saturated rings. The first-order chi connectivity index (χ1) is 6.84. The van der Waals surface area contributed by atoms with E-state index in [4.69, 9.17) is 5.73 Å². The van der Waals surface area contributed by atoms with E-state index in [0.717, 1.165) is 12.1 Å². The smallest absolute Gasteiger partial charge is 0.0501 e. The van der Waals surface area contributed by atoms with Crippen molar-refractivity contribution in [2.24, 2.45) is 0 Å². The highest BCUT2D eigenvalue weighted by Crippen LogP contribution is 2.07. The second kappa shape index (κ2) is 3.87. The van der Waals surface area contributed by atoms with Gasteiger partial charge in [-0.3, -0.25) is 9.97 Å². The molecule has 0 amide bonds. The van der Waals surface area contributed by atoms with Gasteiger partial charge in [0.05, 0.1) is 11.9 Å². The average Bonchev–Trinajstić information content (AvgIpc) is 2.23. The predicted molar refractivity (Wildman–Crippen MR) is 55.7 cm³/mol. The number of nitrogens with zero attached hydrogens (tertiary/aromatic N) is 2. The molecule has 0 unspecified atom stereocenters. The molecule has 0 aliphatic heterocycles. The number of nitrogen functional groups attached to an aromatic ring is 1. The molecule has 0 aromatic carbocycles. The molecule has 3 nitrogen and oxygen atoms in total. The molecular weight excluding hydrogens is 174 g/mol. The lowest BCUT2D eigenvalue weighted by Crippen LogP contribution is -1.93. The fourth-order valence-electron chi connectivity index (χ4n) is 1.25. The predicted octanol–water partition coefficient (Wildman–Crippen LogP) is 1.65. The van der Waals surface area contributed by atoms with Crippen LogP contribution in [-0.2, 0) is 6.42 Å². The van der Waals surface area contributed by atoms with E-state index in [1.165, 1.54) is 5.56 Å². The van der Waals surface area contributed by atoms with E-state index in [2.05, 4.69) is 9.97 Å². The van der Waals surface area contributed by atoms with Crippen molar-refractivity contribution in [2.45, 2.75) is 6.42 Å². The number of rotatable bonds is 2. The third-order valence-electron chi connectivity index (χ3n) is 1.98. The van der Waals surface area contributed by atoms with E-state index < -0.39 is 0 Å². The highest BCUT2D eigenvalue weighted by Gasteiger charge is 1.96. The lowest BCUT2D eigenvalue weighted by Gasteiger charge is -2.00. The standard InChI is InChI=1S/C11H11N3/c12-10-1-2-11(14-8-10)7-9-3-5-13-6-4-9/h1-6,8H,7,12H2. The summed E-state index contributed by atoms with van der Waals surface area (Å²) in [6, 6.07) is 7.77. The van der Waals surface area contributed by atoms with Crippen LogP contribution in [0.5, 0.6) is 0 Å². The number of nitrogens with two attached hydrogens (primary N) is 1. The Morgan fingerprint density at radius 3 is 2.50 bits per heavy atom. The van der Waals surface area contributed by atoms with Gasteiger partial charge in [0.15, 0.2) is 0 Å². The molecule has 2 N–H and O–H groups in total. The van der Waals surface area contributed by atoms with E-state index in [-0.39, 0.29) is 0 Å². The molecule has 3 heteroatoms. The number of hydrogen-bond donors (Lipinski definition) is 1. The highest BCUT2D eigenvalue weighted by atomic mass is 14.7. The molecule has 2 aromatic rings. The summed E-state index contributed by atoms with van der Waals surface area (Å²) < 4.78 is 0. The van der Waals surface area contributed by atoms with Crippen LogP contribution in [0.3, 0.4) is 0 Å². The zero-order valence-corrected chi connectivity index (χ0v) is 7.72. The Morgan fingerprint density at radius 2 is 1.86 bits per heavy atom. The molecule has 2 aromatic heterocycles. The molecule has 2 rings (SSSR count). The first-order valence-corrected chi connectivity index (χ1v) is 4.44. The second-order valence-corrected chi connectivity index (χ2v) is 3.12. The molecule has 0 spiro atoms. The Bertz CT molecular complexity index is 395. The van der Waals surface area contributed by atoms with Gasteiger partial charge in [-0.1, -0.05) is 0 Å². The van der Waals surface area contributed by atoms with Crippen LogP contribution in [0.2, 0.25) is 0 Å². The SMILES string of the molecule is Nc1ccc(Cc2ccncc2)nc1. The van der Waals surface area contributed by atoms with Gasteiger partial charge in [-0.15, -0.1) is 0 Å². The maximum Gasteiger partial charge on any atom is 0.0501 e. The van der Waals surface area contributed by atoms with E-state index in [0.29, 0.717) is 5.69 Å². The van der Waals surface area contributed by atoms with Gasteiger partial charge in [0.2, 0.25) is 0 Å². The van der Waals surface area contributed by atoms with Crippen molar-refractivity contribution >= 4 is 5.69 Å². The number of aromatic nitrogens is 2. The quantitative estimate of drug-likeness (QED) is 0.774. The van der Waals surface area contributed by atoms with Gasteiger partial charge in [-0.2, -0.15) is 0 Å². The summed E-state index contributed by atoms with van der Waals surface area (Å²) in [4.78, 5) is 8.19. The molecule has 0 aliphatic carbocycles. The Hall–Kier alpha value is -1.90. The lowest BCUT2D eigenvalue weighted by molar-refractivity contribution is 1.07. The fraction of sp³-hybridized carbons (Fsp3) is 0.0909. The van der Waals surface area contributed by atoms with E-state index in [1.807, 2.05) is 24.3 Å². The van der Waals surface area contributed by atoms with Gasteiger partial charge in [-0.25, -0.2) is 0 Å². The Morgan fingerprint density at radius 1 is 1.07 bits per heavy atom. The summed E-state index contributed by atoms with van der Waals surface area (Å²) >= 11 is 0. The monoisotopic (exact) mass is 185 g/mol. The van der Waals surface area contributed by atoms with Crippen LogP contribution in [0.25, 0.3) is 0 Å². The van der Waals surface area contributed by atoms with Gasteiger partial charge < -0.3 is 5.73 Å². The van der Waals surface area contributed by atoms with Gasteiger partial charge >= 0.3 is 0 Å². The van der Waals surface area contributed by atoms with Crippen molar-refractivity contribution in [1.29, 1.82) is 0 Å². The maximum atomic E-state index is 5.55. The van der Waals surface area contributed by atoms with E-state index >= 15 is 0 Å². The first kappa shape index (κ1) is 8.69. The van der Waals surface area contributed by atoms with Crippen LogP contribution in [0.15, 0.2) is 42.9 Å². The molecule has 2 heterocycles. The molecule has 14 heavy (non-hydrogen) atoms. The molecule has 70 valence electrons. The van der Waals surface area contributed by atoms with Crippen LogP contribution in [-0.4, -0.2) is 9.97 Å². The Labute approximate surface area is 82.6 Å². The Balaban J connectivity index is 2.16. The summed E-state index contributed by atoms with van der Waals surface area (Å²) in [5.74, 6) is 0. The topological polar surface area (TPSA) is 51.8 Å². The van der Waals surface area contributed by atoms with Crippen molar-refractivity contribution in [3.8, 4) is 0 Å². The largest absolute Gasteiger partial charge is 0.397 e. The summed E-state index contributed by atoms with van der Waals surface area (Å²) in [5.41, 5.74) is 8.47. The molecule has 0 atom stereocenters.